The highest BCUT2D eigenvalue weighted by Gasteiger charge is 2.05. The van der Waals surface area contributed by atoms with Crippen molar-refractivity contribution in [1.29, 1.82) is 0 Å². The fourth-order valence-electron chi connectivity index (χ4n) is 3.18. The SMILES string of the molecule is CCCCc1cccc([B-](c2ccccc2)c2ccccc2)c1. The van der Waals surface area contributed by atoms with E-state index in [0.29, 0.717) is 6.71 Å². The zero-order valence-corrected chi connectivity index (χ0v) is 13.8. The van der Waals surface area contributed by atoms with E-state index in [-0.39, 0.29) is 0 Å². The first kappa shape index (κ1) is 15.6. The van der Waals surface area contributed by atoms with E-state index < -0.39 is 0 Å². The van der Waals surface area contributed by atoms with Gasteiger partial charge >= 0.3 is 0 Å². The van der Waals surface area contributed by atoms with Gasteiger partial charge in [-0.25, -0.2) is 16.4 Å². The van der Waals surface area contributed by atoms with Crippen LogP contribution in [0.3, 0.4) is 0 Å². The van der Waals surface area contributed by atoms with Gasteiger partial charge in [-0.3, -0.25) is 0 Å². The van der Waals surface area contributed by atoms with Gasteiger partial charge in [0.25, 0.3) is 0 Å². The summed E-state index contributed by atoms with van der Waals surface area (Å²) in [6, 6.07) is 30.7. The van der Waals surface area contributed by atoms with Crippen molar-refractivity contribution in [3.63, 3.8) is 0 Å². The van der Waals surface area contributed by atoms with E-state index in [1.165, 1.54) is 41.2 Å². The van der Waals surface area contributed by atoms with Crippen LogP contribution in [0.15, 0.2) is 84.9 Å². The van der Waals surface area contributed by atoms with Gasteiger partial charge in [-0.05, 0) is 19.6 Å². The smallest absolute Gasteiger partial charge is 0.0280 e. The molecule has 0 aromatic heterocycles. The first-order valence-corrected chi connectivity index (χ1v) is 8.57. The summed E-state index contributed by atoms with van der Waals surface area (Å²) in [6.45, 7) is 2.56. The number of unbranched alkanes of at least 4 members (excludes halogenated alkanes) is 1. The van der Waals surface area contributed by atoms with Crippen molar-refractivity contribution in [3.05, 3.63) is 90.5 Å². The first-order chi connectivity index (χ1) is 11.4. The molecule has 115 valence electrons. The van der Waals surface area contributed by atoms with Crippen LogP contribution >= 0.6 is 0 Å². The van der Waals surface area contributed by atoms with Crippen LogP contribution < -0.4 is 16.4 Å². The molecule has 0 spiro atoms. The Kier molecular flexibility index (Phi) is 5.31. The van der Waals surface area contributed by atoms with Gasteiger partial charge in [0.15, 0.2) is 0 Å². The zero-order chi connectivity index (χ0) is 15.9. The Labute approximate surface area is 140 Å². The molecule has 0 atom stereocenters. The number of aryl methyl sites for hydroxylation is 1. The van der Waals surface area contributed by atoms with Crippen molar-refractivity contribution < 1.29 is 0 Å². The van der Waals surface area contributed by atoms with Gasteiger partial charge in [0.2, 0.25) is 0 Å². The molecule has 3 aromatic rings. The van der Waals surface area contributed by atoms with Gasteiger partial charge in [-0.1, -0.05) is 104 Å². The standard InChI is InChI=1S/C22H23B/c1-2-3-11-19-12-10-17-22(18-19)23(20-13-6-4-7-14-20)21-15-8-5-9-16-21/h4-10,12-18H,2-3,11H2,1H3/q-1. The zero-order valence-electron chi connectivity index (χ0n) is 13.8. The van der Waals surface area contributed by atoms with Gasteiger partial charge < -0.3 is 0 Å². The van der Waals surface area contributed by atoms with Gasteiger partial charge in [0, 0.05) is 0 Å². The minimum Gasteiger partial charge on any atom is -0.233 e. The Hall–Kier alpha value is -2.28. The summed E-state index contributed by atoms with van der Waals surface area (Å²) in [5, 5.41) is 0. The Balaban J connectivity index is 2.02. The minimum atomic E-state index is 0.305. The van der Waals surface area contributed by atoms with Crippen LogP contribution in [0.2, 0.25) is 0 Å². The quantitative estimate of drug-likeness (QED) is 0.611. The van der Waals surface area contributed by atoms with Crippen molar-refractivity contribution in [2.24, 2.45) is 0 Å². The molecule has 0 aliphatic rings. The summed E-state index contributed by atoms with van der Waals surface area (Å²) in [5.41, 5.74) is 5.54. The Morgan fingerprint density at radius 2 is 1.22 bits per heavy atom. The van der Waals surface area contributed by atoms with E-state index in [4.69, 9.17) is 0 Å². The van der Waals surface area contributed by atoms with E-state index in [1.54, 1.807) is 0 Å². The molecule has 0 heterocycles. The van der Waals surface area contributed by atoms with Crippen LogP contribution in [0.4, 0.5) is 0 Å². The lowest BCUT2D eigenvalue weighted by Gasteiger charge is -2.31. The molecule has 0 aliphatic heterocycles. The fourth-order valence-corrected chi connectivity index (χ4v) is 3.18. The number of benzene rings is 3. The molecule has 0 bridgehead atoms. The summed E-state index contributed by atoms with van der Waals surface area (Å²) in [6.07, 6.45) is 3.66. The van der Waals surface area contributed by atoms with Crippen molar-refractivity contribution in [1.82, 2.24) is 0 Å². The molecule has 1 heteroatoms. The minimum absolute atomic E-state index is 0.305. The second kappa shape index (κ2) is 7.83. The Morgan fingerprint density at radius 1 is 0.652 bits per heavy atom. The van der Waals surface area contributed by atoms with E-state index in [2.05, 4.69) is 91.9 Å². The Morgan fingerprint density at radius 3 is 1.78 bits per heavy atom. The third-order valence-electron chi connectivity index (χ3n) is 4.37. The third kappa shape index (κ3) is 3.93. The largest absolute Gasteiger partial charge is 0.233 e. The van der Waals surface area contributed by atoms with Crippen molar-refractivity contribution >= 4 is 23.1 Å². The maximum absolute atomic E-state index is 2.39. The molecular formula is C22H23B-. The summed E-state index contributed by atoms with van der Waals surface area (Å²) >= 11 is 0. The molecule has 0 unspecified atom stereocenters. The number of rotatable bonds is 6. The van der Waals surface area contributed by atoms with Crippen LogP contribution in [0.5, 0.6) is 0 Å². The van der Waals surface area contributed by atoms with Crippen LogP contribution in [0.1, 0.15) is 25.3 Å². The van der Waals surface area contributed by atoms with Crippen LogP contribution in [0.25, 0.3) is 0 Å². The lowest BCUT2D eigenvalue weighted by Crippen LogP contribution is -2.51. The molecular weight excluding hydrogens is 275 g/mol. The second-order valence-electron chi connectivity index (χ2n) is 6.10. The molecule has 23 heavy (non-hydrogen) atoms. The molecule has 0 amide bonds. The van der Waals surface area contributed by atoms with E-state index in [0.717, 1.165) is 0 Å². The van der Waals surface area contributed by atoms with Crippen molar-refractivity contribution in [3.8, 4) is 0 Å². The lowest BCUT2D eigenvalue weighted by atomic mass is 9.37. The first-order valence-electron chi connectivity index (χ1n) is 8.57. The summed E-state index contributed by atoms with van der Waals surface area (Å²) in [4.78, 5) is 0. The van der Waals surface area contributed by atoms with Gasteiger partial charge in [-0.15, -0.1) is 0 Å². The summed E-state index contributed by atoms with van der Waals surface area (Å²) in [7, 11) is 0. The topological polar surface area (TPSA) is 0 Å². The maximum Gasteiger partial charge on any atom is -0.0280 e. The molecule has 0 saturated heterocycles. The average Bonchev–Trinajstić information content (AvgIpc) is 2.62. The normalized spacial score (nSPS) is 10.9. The molecule has 1 radical (unpaired) electrons. The predicted molar refractivity (Wildman–Crippen MR) is 103 cm³/mol. The summed E-state index contributed by atoms with van der Waals surface area (Å²) in [5.74, 6) is 0. The van der Waals surface area contributed by atoms with E-state index in [1.807, 2.05) is 0 Å². The van der Waals surface area contributed by atoms with Gasteiger partial charge in [-0.2, -0.15) is 0 Å². The van der Waals surface area contributed by atoms with E-state index >= 15 is 0 Å². The van der Waals surface area contributed by atoms with Crippen molar-refractivity contribution in [2.45, 2.75) is 26.2 Å². The average molecular weight is 298 g/mol. The highest BCUT2D eigenvalue weighted by Crippen LogP contribution is 2.04. The molecule has 0 aliphatic carbocycles. The van der Waals surface area contributed by atoms with Crippen LogP contribution in [0, 0.1) is 0 Å². The third-order valence-corrected chi connectivity index (χ3v) is 4.37. The van der Waals surface area contributed by atoms with Crippen LogP contribution in [-0.4, -0.2) is 6.71 Å². The van der Waals surface area contributed by atoms with Crippen LogP contribution in [-0.2, 0) is 6.42 Å². The monoisotopic (exact) mass is 298 g/mol. The highest BCUT2D eigenvalue weighted by molar-refractivity contribution is 6.95. The predicted octanol–water partition coefficient (Wildman–Crippen LogP) is 3.55. The highest BCUT2D eigenvalue weighted by atomic mass is 14.0. The molecule has 0 N–H and O–H groups in total. The maximum atomic E-state index is 2.39. The molecule has 0 nitrogen and oxygen atoms in total. The molecule has 0 saturated carbocycles. The van der Waals surface area contributed by atoms with Gasteiger partial charge in [0.05, 0.1) is 0 Å². The molecule has 0 fully saturated rings. The lowest BCUT2D eigenvalue weighted by molar-refractivity contribution is 0.795. The molecule has 3 aromatic carbocycles. The second-order valence-corrected chi connectivity index (χ2v) is 6.10. The van der Waals surface area contributed by atoms with Crippen molar-refractivity contribution in [2.75, 3.05) is 0 Å². The number of hydrogen-bond acceptors (Lipinski definition) is 0. The molecule has 3 rings (SSSR count). The Bertz CT molecular complexity index is 680. The summed E-state index contributed by atoms with van der Waals surface area (Å²) < 4.78 is 0. The fraction of sp³-hybridized carbons (Fsp3) is 0.182. The number of hydrogen-bond donors (Lipinski definition) is 0. The van der Waals surface area contributed by atoms with Gasteiger partial charge in [0.1, 0.15) is 0 Å². The van der Waals surface area contributed by atoms with E-state index in [9.17, 15) is 0 Å².